The van der Waals surface area contributed by atoms with Crippen LogP contribution in [0.5, 0.6) is 0 Å². The largest absolute Gasteiger partial charge is 0.486 e. The minimum Gasteiger partial charge on any atom is -0.486 e. The van der Waals surface area contributed by atoms with Crippen molar-refractivity contribution in [1.29, 1.82) is 0 Å². The average molecular weight is 394 g/mol. The maximum atomic E-state index is 12.4. The highest BCUT2D eigenvalue weighted by Crippen LogP contribution is 2.34. The van der Waals surface area contributed by atoms with Gasteiger partial charge in [0.15, 0.2) is 0 Å². The molecule has 1 aliphatic rings. The van der Waals surface area contributed by atoms with Crippen LogP contribution in [0.3, 0.4) is 0 Å². The van der Waals surface area contributed by atoms with E-state index in [0.29, 0.717) is 13.2 Å². The van der Waals surface area contributed by atoms with Crippen LogP contribution in [0, 0.1) is 0 Å². The van der Waals surface area contributed by atoms with Crippen molar-refractivity contribution < 1.29 is 19.1 Å². The molecule has 0 amide bonds. The van der Waals surface area contributed by atoms with Gasteiger partial charge in [-0.05, 0) is 17.1 Å². The molecule has 0 spiro atoms. The molecule has 1 aliphatic carbocycles. The first-order valence-electron chi connectivity index (χ1n) is 6.25. The zero-order chi connectivity index (χ0) is 14.8. The van der Waals surface area contributed by atoms with Gasteiger partial charge >= 0.3 is 0 Å². The van der Waals surface area contributed by atoms with Crippen LogP contribution < -0.4 is 0 Å². The first kappa shape index (κ1) is 16.4. The predicted octanol–water partition coefficient (Wildman–Crippen LogP) is 2.99. The van der Waals surface area contributed by atoms with Crippen molar-refractivity contribution in [3.8, 4) is 0 Å². The lowest BCUT2D eigenvalue weighted by Crippen LogP contribution is -2.25. The van der Waals surface area contributed by atoms with Gasteiger partial charge in [-0.3, -0.25) is 9.59 Å². The normalized spacial score (nSPS) is 16.2. The third-order valence-corrected chi connectivity index (χ3v) is 9.49. The first-order chi connectivity index (χ1) is 8.75. The van der Waals surface area contributed by atoms with Crippen molar-refractivity contribution in [1.82, 2.24) is 0 Å². The molecule has 106 valence electrons. The smallest absolute Gasteiger partial charge is 0.236 e. The molecule has 0 fully saturated rings. The fourth-order valence-electron chi connectivity index (χ4n) is 1.66. The molecule has 19 heavy (non-hydrogen) atoms. The SMILES string of the molecule is CCOC1=C(OCC)C(=O)C(=C(I)[Si](C)(C)C)C1=O. The van der Waals surface area contributed by atoms with Gasteiger partial charge in [0.1, 0.15) is 0 Å². The summed E-state index contributed by atoms with van der Waals surface area (Å²) in [5.41, 5.74) is 0.242. The second kappa shape index (κ2) is 6.21. The summed E-state index contributed by atoms with van der Waals surface area (Å²) in [5, 5.41) is 0. The van der Waals surface area contributed by atoms with Gasteiger partial charge in [0.2, 0.25) is 23.1 Å². The molecule has 0 radical (unpaired) electrons. The summed E-state index contributed by atoms with van der Waals surface area (Å²) >= 11 is 2.12. The van der Waals surface area contributed by atoms with Crippen molar-refractivity contribution in [2.45, 2.75) is 33.5 Å². The molecular formula is C13H19IO4Si. The van der Waals surface area contributed by atoms with Gasteiger partial charge in [-0.1, -0.05) is 42.2 Å². The van der Waals surface area contributed by atoms with Gasteiger partial charge in [0.25, 0.3) is 0 Å². The van der Waals surface area contributed by atoms with Gasteiger partial charge in [0.05, 0.1) is 26.9 Å². The van der Waals surface area contributed by atoms with Crippen molar-refractivity contribution in [3.05, 3.63) is 20.3 Å². The lowest BCUT2D eigenvalue weighted by atomic mass is 10.2. The number of carbonyl (C=O) groups is 2. The summed E-state index contributed by atoms with van der Waals surface area (Å²) in [7, 11) is -1.73. The summed E-state index contributed by atoms with van der Waals surface area (Å²) in [6.07, 6.45) is 0. The van der Waals surface area contributed by atoms with Crippen molar-refractivity contribution in [2.75, 3.05) is 13.2 Å². The lowest BCUT2D eigenvalue weighted by Gasteiger charge is -2.16. The van der Waals surface area contributed by atoms with Crippen LogP contribution in [0.15, 0.2) is 20.3 Å². The van der Waals surface area contributed by atoms with Crippen LogP contribution in [-0.4, -0.2) is 32.9 Å². The minimum absolute atomic E-state index is 0.0665. The molecule has 0 heterocycles. The number of ketones is 2. The van der Waals surface area contributed by atoms with Gasteiger partial charge in [0, 0.05) is 0 Å². The zero-order valence-corrected chi connectivity index (χ0v) is 15.1. The van der Waals surface area contributed by atoms with Crippen LogP contribution >= 0.6 is 22.6 Å². The number of ether oxygens (including phenoxy) is 2. The summed E-state index contributed by atoms with van der Waals surface area (Å²) in [4.78, 5) is 24.7. The Hall–Kier alpha value is -0.633. The zero-order valence-electron chi connectivity index (χ0n) is 11.9. The Morgan fingerprint density at radius 1 is 1.00 bits per heavy atom. The summed E-state index contributed by atoms with van der Waals surface area (Å²) in [5.74, 6) is -0.530. The summed E-state index contributed by atoms with van der Waals surface area (Å²) in [6.45, 7) is 10.5. The molecule has 0 N–H and O–H groups in total. The van der Waals surface area contributed by atoms with Crippen LogP contribution in [0.4, 0.5) is 0 Å². The van der Waals surface area contributed by atoms with Crippen molar-refractivity contribution in [2.24, 2.45) is 0 Å². The molecule has 4 nitrogen and oxygen atoms in total. The van der Waals surface area contributed by atoms with E-state index < -0.39 is 8.07 Å². The molecule has 6 heteroatoms. The molecule has 0 aliphatic heterocycles. The highest BCUT2D eigenvalue weighted by atomic mass is 127. The molecule has 0 unspecified atom stereocenters. The van der Waals surface area contributed by atoms with E-state index >= 15 is 0 Å². The Bertz CT molecular complexity index is 442. The average Bonchev–Trinajstić information content (AvgIpc) is 2.52. The van der Waals surface area contributed by atoms with E-state index in [1.807, 2.05) is 0 Å². The van der Waals surface area contributed by atoms with E-state index in [9.17, 15) is 9.59 Å². The van der Waals surface area contributed by atoms with Gasteiger partial charge in [-0.25, -0.2) is 0 Å². The maximum Gasteiger partial charge on any atom is 0.236 e. The number of carbonyl (C=O) groups excluding carboxylic acids is 2. The predicted molar refractivity (Wildman–Crippen MR) is 84.7 cm³/mol. The first-order valence-corrected chi connectivity index (χ1v) is 10.8. The molecule has 0 saturated heterocycles. The number of allylic oxidation sites excluding steroid dienone is 2. The Morgan fingerprint density at radius 3 is 1.63 bits per heavy atom. The van der Waals surface area contributed by atoms with Gasteiger partial charge < -0.3 is 9.47 Å². The lowest BCUT2D eigenvalue weighted by molar-refractivity contribution is -0.117. The fourth-order valence-corrected chi connectivity index (χ4v) is 3.13. The Morgan fingerprint density at radius 2 is 1.37 bits per heavy atom. The molecular weight excluding hydrogens is 375 g/mol. The molecule has 0 atom stereocenters. The number of rotatable bonds is 5. The molecule has 1 rings (SSSR count). The van der Waals surface area contributed by atoms with E-state index in [0.717, 1.165) is 3.20 Å². The van der Waals surface area contributed by atoms with Gasteiger partial charge in [-0.2, -0.15) is 0 Å². The maximum absolute atomic E-state index is 12.4. The van der Waals surface area contributed by atoms with Gasteiger partial charge in [-0.15, -0.1) is 0 Å². The van der Waals surface area contributed by atoms with Crippen molar-refractivity contribution in [3.63, 3.8) is 0 Å². The standard InChI is InChI=1S/C13H19IO4Si/c1-6-17-11-9(15)8(13(14)19(3,4)5)10(16)12(11)18-7-2/h6-7H2,1-5H3. The van der Waals surface area contributed by atoms with Crippen LogP contribution in [0.25, 0.3) is 0 Å². The Kier molecular flexibility index (Phi) is 5.37. The third-order valence-electron chi connectivity index (χ3n) is 2.53. The molecule has 0 bridgehead atoms. The van der Waals surface area contributed by atoms with E-state index in [1.54, 1.807) is 13.8 Å². The van der Waals surface area contributed by atoms with Crippen LogP contribution in [0.1, 0.15) is 13.8 Å². The Labute approximate surface area is 128 Å². The molecule has 0 aromatic heterocycles. The minimum atomic E-state index is -1.73. The second-order valence-electron chi connectivity index (χ2n) is 5.12. The third kappa shape index (κ3) is 3.28. The highest BCUT2D eigenvalue weighted by Gasteiger charge is 2.42. The molecule has 0 aromatic carbocycles. The quantitative estimate of drug-likeness (QED) is 0.311. The fraction of sp³-hybridized carbons (Fsp3) is 0.538. The Balaban J connectivity index is 3.33. The monoisotopic (exact) mass is 394 g/mol. The summed E-state index contributed by atoms with van der Waals surface area (Å²) < 4.78 is 11.5. The number of hydrogen-bond donors (Lipinski definition) is 0. The molecule has 0 aromatic rings. The van der Waals surface area contributed by atoms with Crippen molar-refractivity contribution >= 4 is 42.2 Å². The van der Waals surface area contributed by atoms with Crippen LogP contribution in [0.2, 0.25) is 19.6 Å². The second-order valence-corrected chi connectivity index (χ2v) is 12.2. The van der Waals surface area contributed by atoms with E-state index in [2.05, 4.69) is 42.2 Å². The number of Topliss-reactive ketones (excluding diaryl/α,β-unsaturated/α-hetero) is 2. The van der Waals surface area contributed by atoms with E-state index in [-0.39, 0.29) is 28.7 Å². The van der Waals surface area contributed by atoms with E-state index in [1.165, 1.54) is 0 Å². The van der Waals surface area contributed by atoms with Crippen LogP contribution in [-0.2, 0) is 19.1 Å². The topological polar surface area (TPSA) is 52.6 Å². The molecule has 0 saturated carbocycles. The summed E-state index contributed by atoms with van der Waals surface area (Å²) in [6, 6.07) is 0. The number of hydrogen-bond acceptors (Lipinski definition) is 4. The highest BCUT2D eigenvalue weighted by molar-refractivity contribution is 14.1. The number of halogens is 1. The van der Waals surface area contributed by atoms with E-state index in [4.69, 9.17) is 9.47 Å².